The van der Waals surface area contributed by atoms with Gasteiger partial charge in [-0.15, -0.1) is 11.3 Å². The van der Waals surface area contributed by atoms with E-state index in [4.69, 9.17) is 0 Å². The highest BCUT2D eigenvalue weighted by molar-refractivity contribution is 8.18. The number of rotatable bonds is 5. The summed E-state index contributed by atoms with van der Waals surface area (Å²) in [5.74, 6) is -1.15. The first-order valence-corrected chi connectivity index (χ1v) is 9.39. The third kappa shape index (κ3) is 4.07. The molecule has 3 rings (SSSR count). The number of thiophene rings is 1. The topological polar surface area (TPSA) is 110 Å². The van der Waals surface area contributed by atoms with Crippen LogP contribution in [0.5, 0.6) is 0 Å². The number of carbonyl (C=O) groups excluding carboxylic acids is 3. The van der Waals surface area contributed by atoms with E-state index < -0.39 is 28.5 Å². The summed E-state index contributed by atoms with van der Waals surface area (Å²) < 4.78 is 0. The molecule has 2 aromatic rings. The minimum atomic E-state index is -0.613. The number of thioether (sulfide) groups is 1. The monoisotopic (exact) mass is 403 g/mol. The maximum Gasteiger partial charge on any atom is 0.294 e. The van der Waals surface area contributed by atoms with E-state index in [0.717, 1.165) is 21.5 Å². The molecule has 3 amide bonds. The molecule has 1 aliphatic heterocycles. The Morgan fingerprint density at radius 2 is 2.07 bits per heavy atom. The minimum Gasteiger partial charge on any atom is -0.324 e. The van der Waals surface area contributed by atoms with E-state index in [1.54, 1.807) is 6.08 Å². The Morgan fingerprint density at radius 1 is 1.30 bits per heavy atom. The summed E-state index contributed by atoms with van der Waals surface area (Å²) in [6.45, 7) is 1.05. The molecule has 0 spiro atoms. The van der Waals surface area contributed by atoms with Crippen molar-refractivity contribution in [3.05, 3.63) is 61.2 Å². The van der Waals surface area contributed by atoms with Crippen LogP contribution in [0.1, 0.15) is 10.4 Å². The van der Waals surface area contributed by atoms with Crippen LogP contribution >= 0.6 is 23.1 Å². The van der Waals surface area contributed by atoms with Crippen molar-refractivity contribution in [1.29, 1.82) is 0 Å². The van der Waals surface area contributed by atoms with Gasteiger partial charge in [-0.3, -0.25) is 29.4 Å². The number of nitrogens with zero attached hydrogens (tertiary/aromatic N) is 2. The van der Waals surface area contributed by atoms with Gasteiger partial charge in [0.25, 0.3) is 16.8 Å². The summed E-state index contributed by atoms with van der Waals surface area (Å²) >= 11 is 2.20. The van der Waals surface area contributed by atoms with E-state index >= 15 is 0 Å². The van der Waals surface area contributed by atoms with Crippen molar-refractivity contribution in [3.8, 4) is 0 Å². The van der Waals surface area contributed by atoms with Gasteiger partial charge in [0.1, 0.15) is 6.54 Å². The van der Waals surface area contributed by atoms with Crippen molar-refractivity contribution in [1.82, 2.24) is 4.90 Å². The van der Waals surface area contributed by atoms with Gasteiger partial charge in [-0.05, 0) is 42.3 Å². The third-order valence-electron chi connectivity index (χ3n) is 3.77. The Kier molecular flexibility index (Phi) is 5.38. The molecule has 1 aromatic carbocycles. The van der Waals surface area contributed by atoms with Gasteiger partial charge in [0.2, 0.25) is 5.91 Å². The number of hydrogen-bond acceptors (Lipinski definition) is 7. The second-order valence-electron chi connectivity index (χ2n) is 5.54. The number of carbonyl (C=O) groups is 3. The molecule has 1 aliphatic rings. The summed E-state index contributed by atoms with van der Waals surface area (Å²) in [5, 5.41) is 14.8. The predicted molar refractivity (Wildman–Crippen MR) is 103 cm³/mol. The van der Waals surface area contributed by atoms with E-state index in [2.05, 4.69) is 5.32 Å². The van der Waals surface area contributed by atoms with Crippen LogP contribution in [-0.2, 0) is 9.59 Å². The predicted octanol–water partition coefficient (Wildman–Crippen LogP) is 3.64. The number of nitro benzene ring substituents is 1. The van der Waals surface area contributed by atoms with Crippen LogP contribution in [0.2, 0.25) is 0 Å². The largest absolute Gasteiger partial charge is 0.324 e. The highest BCUT2D eigenvalue weighted by Gasteiger charge is 2.36. The van der Waals surface area contributed by atoms with Gasteiger partial charge in [-0.2, -0.15) is 0 Å². The van der Waals surface area contributed by atoms with Crippen LogP contribution in [0.15, 0.2) is 40.6 Å². The second-order valence-corrected chi connectivity index (χ2v) is 7.51. The van der Waals surface area contributed by atoms with Crippen molar-refractivity contribution in [2.45, 2.75) is 6.92 Å². The molecule has 2 heterocycles. The van der Waals surface area contributed by atoms with Crippen LogP contribution < -0.4 is 5.32 Å². The van der Waals surface area contributed by atoms with Crippen molar-refractivity contribution in [2.24, 2.45) is 0 Å². The number of hydrogen-bond donors (Lipinski definition) is 1. The first-order chi connectivity index (χ1) is 12.9. The van der Waals surface area contributed by atoms with Gasteiger partial charge in [-0.25, -0.2) is 0 Å². The summed E-state index contributed by atoms with van der Waals surface area (Å²) in [6.07, 6.45) is 1.61. The Morgan fingerprint density at radius 3 is 2.74 bits per heavy atom. The number of imide groups is 1. The van der Waals surface area contributed by atoms with Crippen LogP contribution in [0, 0.1) is 17.0 Å². The highest BCUT2D eigenvalue weighted by Crippen LogP contribution is 2.33. The quantitative estimate of drug-likeness (QED) is 0.464. The molecular formula is C17H13N3O5S2. The molecule has 138 valence electrons. The van der Waals surface area contributed by atoms with Crippen molar-refractivity contribution in [2.75, 3.05) is 11.9 Å². The zero-order valence-corrected chi connectivity index (χ0v) is 15.6. The first kappa shape index (κ1) is 18.8. The molecule has 0 unspecified atom stereocenters. The van der Waals surface area contributed by atoms with Crippen LogP contribution in [0.25, 0.3) is 6.08 Å². The highest BCUT2D eigenvalue weighted by atomic mass is 32.2. The molecule has 8 nitrogen and oxygen atoms in total. The lowest BCUT2D eigenvalue weighted by atomic mass is 10.1. The van der Waals surface area contributed by atoms with E-state index in [0.29, 0.717) is 5.56 Å². The maximum atomic E-state index is 12.4. The van der Waals surface area contributed by atoms with Crippen molar-refractivity contribution < 1.29 is 19.3 Å². The van der Waals surface area contributed by atoms with Gasteiger partial charge in [0.15, 0.2) is 0 Å². The molecule has 0 bridgehead atoms. The lowest BCUT2D eigenvalue weighted by Crippen LogP contribution is -2.36. The number of anilines is 1. The Balaban J connectivity index is 1.71. The van der Waals surface area contributed by atoms with E-state index in [-0.39, 0.29) is 16.3 Å². The summed E-state index contributed by atoms with van der Waals surface area (Å²) in [7, 11) is 0. The first-order valence-electron chi connectivity index (χ1n) is 7.69. The Labute approximate surface area is 162 Å². The molecule has 0 atom stereocenters. The fourth-order valence-corrected chi connectivity index (χ4v) is 3.99. The second kappa shape index (κ2) is 7.72. The third-order valence-corrected chi connectivity index (χ3v) is 5.49. The van der Waals surface area contributed by atoms with Gasteiger partial charge in [0, 0.05) is 10.9 Å². The van der Waals surface area contributed by atoms with E-state index in [1.807, 2.05) is 17.5 Å². The Bertz CT molecular complexity index is 969. The minimum absolute atomic E-state index is 0.127. The molecule has 0 aliphatic carbocycles. The van der Waals surface area contributed by atoms with Crippen molar-refractivity contribution in [3.63, 3.8) is 0 Å². The van der Waals surface area contributed by atoms with Gasteiger partial charge < -0.3 is 5.32 Å². The normalized spacial score (nSPS) is 15.4. The van der Waals surface area contributed by atoms with Crippen LogP contribution in [0.4, 0.5) is 16.2 Å². The van der Waals surface area contributed by atoms with Crippen molar-refractivity contribution >= 4 is 57.6 Å². The molecule has 1 N–H and O–H groups in total. The fourth-order valence-electron chi connectivity index (χ4n) is 2.43. The molecule has 0 saturated carbocycles. The SMILES string of the molecule is Cc1c(NC(=O)CN2C(=O)S/C(=C\c3cccs3)C2=O)cccc1[N+](=O)[O-]. The molecule has 27 heavy (non-hydrogen) atoms. The fraction of sp³-hybridized carbons (Fsp3) is 0.118. The zero-order valence-electron chi connectivity index (χ0n) is 14.0. The smallest absolute Gasteiger partial charge is 0.294 e. The Hall–Kier alpha value is -2.98. The summed E-state index contributed by atoms with van der Waals surface area (Å²) in [4.78, 5) is 49.1. The van der Waals surface area contributed by atoms with Crippen LogP contribution in [-0.4, -0.2) is 33.4 Å². The molecule has 0 radical (unpaired) electrons. The standard InChI is InChI=1S/C17H13N3O5S2/c1-10-12(5-2-6-13(10)20(24)25)18-15(21)9-19-16(22)14(27-17(19)23)8-11-4-3-7-26-11/h2-8H,9H2,1H3,(H,18,21)/b14-8-. The lowest BCUT2D eigenvalue weighted by molar-refractivity contribution is -0.385. The van der Waals surface area contributed by atoms with E-state index in [9.17, 15) is 24.5 Å². The average Bonchev–Trinajstić information content (AvgIpc) is 3.21. The number of nitro groups is 1. The average molecular weight is 403 g/mol. The zero-order chi connectivity index (χ0) is 19.6. The van der Waals surface area contributed by atoms with Crippen LogP contribution in [0.3, 0.4) is 0 Å². The van der Waals surface area contributed by atoms with Gasteiger partial charge in [-0.1, -0.05) is 12.1 Å². The molecule has 1 aromatic heterocycles. The molecule has 1 saturated heterocycles. The number of nitrogens with one attached hydrogen (secondary N) is 1. The number of benzene rings is 1. The molecular weight excluding hydrogens is 390 g/mol. The summed E-state index contributed by atoms with van der Waals surface area (Å²) in [5.41, 5.74) is 0.427. The maximum absolute atomic E-state index is 12.4. The number of amides is 3. The van der Waals surface area contributed by atoms with Gasteiger partial charge >= 0.3 is 0 Å². The van der Waals surface area contributed by atoms with E-state index in [1.165, 1.54) is 36.5 Å². The lowest BCUT2D eigenvalue weighted by Gasteiger charge is -2.13. The summed E-state index contributed by atoms with van der Waals surface area (Å²) in [6, 6.07) is 7.94. The molecule has 10 heteroatoms. The van der Waals surface area contributed by atoms with Gasteiger partial charge in [0.05, 0.1) is 21.1 Å². The molecule has 1 fully saturated rings.